The smallest absolute Gasteiger partial charge is 0.244 e. The summed E-state index contributed by atoms with van der Waals surface area (Å²) < 4.78 is 40.0. The van der Waals surface area contributed by atoms with Crippen molar-refractivity contribution >= 4 is 31.6 Å². The largest absolute Gasteiger partial charge is 0.396 e. The molecule has 1 fully saturated rings. The molecule has 1 saturated heterocycles. The molecule has 0 saturated carbocycles. The summed E-state index contributed by atoms with van der Waals surface area (Å²) in [7, 11) is -3.64. The highest BCUT2D eigenvalue weighted by Crippen LogP contribution is 2.35. The molecule has 0 bridgehead atoms. The fourth-order valence-electron chi connectivity index (χ4n) is 2.15. The number of benzene rings is 1. The summed E-state index contributed by atoms with van der Waals surface area (Å²) in [6.45, 7) is 4.98. The summed E-state index contributed by atoms with van der Waals surface area (Å²) in [5.74, 6) is -0.632. The lowest BCUT2D eigenvalue weighted by Gasteiger charge is -2.20. The molecule has 0 atom stereocenters. The Labute approximate surface area is 121 Å². The Balaban J connectivity index is 2.44. The van der Waals surface area contributed by atoms with Crippen molar-refractivity contribution in [3.05, 3.63) is 22.4 Å². The molecule has 2 N–H and O–H groups in total. The van der Waals surface area contributed by atoms with Crippen LogP contribution >= 0.6 is 15.9 Å². The minimum atomic E-state index is -3.64. The fourth-order valence-corrected chi connectivity index (χ4v) is 4.79. The van der Waals surface area contributed by atoms with Crippen LogP contribution in [0.3, 0.4) is 0 Å². The number of halogens is 2. The second-order valence-electron chi connectivity index (χ2n) is 5.56. The van der Waals surface area contributed by atoms with Crippen LogP contribution in [0.4, 0.5) is 10.1 Å². The van der Waals surface area contributed by atoms with Crippen LogP contribution in [0.25, 0.3) is 0 Å². The molecule has 0 aromatic heterocycles. The number of hydrogen-bond acceptors (Lipinski definition) is 3. The molecule has 106 valence electrons. The Morgan fingerprint density at radius 3 is 2.58 bits per heavy atom. The summed E-state index contributed by atoms with van der Waals surface area (Å²) in [6, 6.07) is 2.25. The summed E-state index contributed by atoms with van der Waals surface area (Å²) in [5.41, 5.74) is 5.26. The van der Waals surface area contributed by atoms with Gasteiger partial charge in [0.15, 0.2) is 0 Å². The zero-order chi connectivity index (χ0) is 14.4. The van der Waals surface area contributed by atoms with Crippen LogP contribution in [-0.2, 0) is 10.0 Å². The SMILES string of the molecule is CC1(C)CCN(S(=O)(=O)c2cc(N)c(F)cc2Br)C1. The third-order valence-electron chi connectivity index (χ3n) is 3.31. The normalized spacial score (nSPS) is 19.8. The molecule has 1 aromatic rings. The maximum atomic E-state index is 13.3. The van der Waals surface area contributed by atoms with Crippen molar-refractivity contribution in [3.8, 4) is 0 Å². The van der Waals surface area contributed by atoms with Crippen molar-refractivity contribution in [2.24, 2.45) is 5.41 Å². The highest BCUT2D eigenvalue weighted by atomic mass is 79.9. The first kappa shape index (κ1) is 14.7. The van der Waals surface area contributed by atoms with Crippen molar-refractivity contribution in [1.29, 1.82) is 0 Å². The molecule has 1 aromatic carbocycles. The van der Waals surface area contributed by atoms with E-state index in [9.17, 15) is 12.8 Å². The zero-order valence-corrected chi connectivity index (χ0v) is 13.2. The monoisotopic (exact) mass is 350 g/mol. The molecule has 7 heteroatoms. The summed E-state index contributed by atoms with van der Waals surface area (Å²) >= 11 is 3.09. The summed E-state index contributed by atoms with van der Waals surface area (Å²) in [6.07, 6.45) is 0.806. The van der Waals surface area contributed by atoms with Gasteiger partial charge in [-0.3, -0.25) is 0 Å². The predicted molar refractivity (Wildman–Crippen MR) is 75.7 cm³/mol. The Bertz CT molecular complexity index is 616. The molecular formula is C12H16BrFN2O2S. The summed E-state index contributed by atoms with van der Waals surface area (Å²) in [4.78, 5) is 0.0177. The van der Waals surface area contributed by atoms with Crippen LogP contribution in [0, 0.1) is 11.2 Å². The van der Waals surface area contributed by atoms with Gasteiger partial charge in [-0.05, 0) is 39.9 Å². The average molecular weight is 351 g/mol. The van der Waals surface area contributed by atoms with Crippen LogP contribution < -0.4 is 5.73 Å². The van der Waals surface area contributed by atoms with Crippen molar-refractivity contribution in [3.63, 3.8) is 0 Å². The second-order valence-corrected chi connectivity index (χ2v) is 8.32. The summed E-state index contributed by atoms with van der Waals surface area (Å²) in [5, 5.41) is 0. The van der Waals surface area contributed by atoms with Gasteiger partial charge in [-0.1, -0.05) is 13.8 Å². The highest BCUT2D eigenvalue weighted by molar-refractivity contribution is 9.10. The number of nitrogens with zero attached hydrogens (tertiary/aromatic N) is 1. The van der Waals surface area contributed by atoms with E-state index in [2.05, 4.69) is 15.9 Å². The van der Waals surface area contributed by atoms with Gasteiger partial charge in [0.2, 0.25) is 10.0 Å². The number of hydrogen-bond donors (Lipinski definition) is 1. The van der Waals surface area contributed by atoms with Crippen LogP contribution in [0.1, 0.15) is 20.3 Å². The van der Waals surface area contributed by atoms with Crippen molar-refractivity contribution in [2.45, 2.75) is 25.2 Å². The van der Waals surface area contributed by atoms with Crippen molar-refractivity contribution in [2.75, 3.05) is 18.8 Å². The lowest BCUT2D eigenvalue weighted by molar-refractivity contribution is 0.375. The number of nitrogen functional groups attached to an aromatic ring is 1. The molecule has 19 heavy (non-hydrogen) atoms. The first-order valence-electron chi connectivity index (χ1n) is 5.88. The second kappa shape index (κ2) is 4.71. The maximum absolute atomic E-state index is 13.3. The van der Waals surface area contributed by atoms with Gasteiger partial charge in [0.25, 0.3) is 0 Å². The van der Waals surface area contributed by atoms with Gasteiger partial charge in [-0.2, -0.15) is 4.31 Å². The van der Waals surface area contributed by atoms with E-state index < -0.39 is 15.8 Å². The van der Waals surface area contributed by atoms with Gasteiger partial charge < -0.3 is 5.73 Å². The van der Waals surface area contributed by atoms with Gasteiger partial charge in [0.1, 0.15) is 5.82 Å². The Morgan fingerprint density at radius 2 is 2.05 bits per heavy atom. The topological polar surface area (TPSA) is 63.4 Å². The fraction of sp³-hybridized carbons (Fsp3) is 0.500. The van der Waals surface area contributed by atoms with E-state index in [1.807, 2.05) is 13.8 Å². The minimum Gasteiger partial charge on any atom is -0.396 e. The molecule has 0 aliphatic carbocycles. The van der Waals surface area contributed by atoms with E-state index in [4.69, 9.17) is 5.73 Å². The van der Waals surface area contributed by atoms with Crippen LogP contribution in [0.15, 0.2) is 21.5 Å². The zero-order valence-electron chi connectivity index (χ0n) is 10.8. The van der Waals surface area contributed by atoms with E-state index in [1.165, 1.54) is 10.4 Å². The molecule has 2 rings (SSSR count). The van der Waals surface area contributed by atoms with E-state index >= 15 is 0 Å². The molecule has 1 aliphatic heterocycles. The van der Waals surface area contributed by atoms with Gasteiger partial charge >= 0.3 is 0 Å². The highest BCUT2D eigenvalue weighted by Gasteiger charge is 2.37. The lowest BCUT2D eigenvalue weighted by Crippen LogP contribution is -2.30. The van der Waals surface area contributed by atoms with Crippen LogP contribution in [-0.4, -0.2) is 25.8 Å². The molecule has 1 aliphatic rings. The minimum absolute atomic E-state index is 0.0177. The Hall–Kier alpha value is -0.660. The third-order valence-corrected chi connectivity index (χ3v) is 6.12. The van der Waals surface area contributed by atoms with Gasteiger partial charge in [-0.15, -0.1) is 0 Å². The van der Waals surface area contributed by atoms with E-state index in [0.29, 0.717) is 13.1 Å². The molecular weight excluding hydrogens is 335 g/mol. The molecule has 0 radical (unpaired) electrons. The standard InChI is InChI=1S/C12H16BrFN2O2S/c1-12(2)3-4-16(7-12)19(17,18)11-6-10(15)9(14)5-8(11)13/h5-6H,3-4,7,15H2,1-2H3. The van der Waals surface area contributed by atoms with Crippen molar-refractivity contribution < 1.29 is 12.8 Å². The maximum Gasteiger partial charge on any atom is 0.244 e. The molecule has 0 spiro atoms. The van der Waals surface area contributed by atoms with E-state index in [1.54, 1.807) is 0 Å². The first-order chi connectivity index (χ1) is 8.63. The van der Waals surface area contributed by atoms with Gasteiger partial charge in [0, 0.05) is 17.6 Å². The van der Waals surface area contributed by atoms with E-state index in [0.717, 1.165) is 12.5 Å². The number of rotatable bonds is 2. The number of nitrogens with two attached hydrogens (primary N) is 1. The molecule has 4 nitrogen and oxygen atoms in total. The third kappa shape index (κ3) is 2.78. The molecule has 1 heterocycles. The molecule has 0 unspecified atom stereocenters. The van der Waals surface area contributed by atoms with E-state index in [-0.39, 0.29) is 20.5 Å². The van der Waals surface area contributed by atoms with Crippen LogP contribution in [0.2, 0.25) is 0 Å². The number of sulfonamides is 1. The van der Waals surface area contributed by atoms with Gasteiger partial charge in [-0.25, -0.2) is 12.8 Å². The first-order valence-corrected chi connectivity index (χ1v) is 8.11. The quantitative estimate of drug-likeness (QED) is 0.833. The predicted octanol–water partition coefficient (Wildman–Crippen LogP) is 2.59. The Kier molecular flexibility index (Phi) is 3.66. The van der Waals surface area contributed by atoms with Gasteiger partial charge in [0.05, 0.1) is 10.6 Å². The Morgan fingerprint density at radius 1 is 1.42 bits per heavy atom. The lowest BCUT2D eigenvalue weighted by atomic mass is 9.93. The average Bonchev–Trinajstić information content (AvgIpc) is 2.64. The molecule has 0 amide bonds. The van der Waals surface area contributed by atoms with Crippen LogP contribution in [0.5, 0.6) is 0 Å². The van der Waals surface area contributed by atoms with Crippen molar-refractivity contribution in [1.82, 2.24) is 4.31 Å². The number of anilines is 1.